The second-order valence-corrected chi connectivity index (χ2v) is 4.20. The van der Waals surface area contributed by atoms with E-state index in [4.69, 9.17) is 4.74 Å². The lowest BCUT2D eigenvalue weighted by atomic mass is 10.2. The molecule has 0 aliphatic rings. The van der Waals surface area contributed by atoms with Gasteiger partial charge in [-0.05, 0) is 18.1 Å². The van der Waals surface area contributed by atoms with Crippen molar-refractivity contribution in [2.24, 2.45) is 5.92 Å². The molecule has 0 bridgehead atoms. The molecule has 0 aliphatic carbocycles. The molecule has 0 aromatic heterocycles. The summed E-state index contributed by atoms with van der Waals surface area (Å²) in [6, 6.07) is 5.91. The average molecular weight is 239 g/mol. The topological polar surface area (TPSA) is 38.3 Å². The first-order chi connectivity index (χ1) is 8.11. The van der Waals surface area contributed by atoms with Gasteiger partial charge >= 0.3 is 0 Å². The summed E-state index contributed by atoms with van der Waals surface area (Å²) in [5.41, 5.74) is 0.0661. The molecule has 0 unspecified atom stereocenters. The number of carbonyl (C=O) groups excluding carboxylic acids is 1. The molecular formula is C13H18FNO2. The Kier molecular flexibility index (Phi) is 5.63. The van der Waals surface area contributed by atoms with Crippen molar-refractivity contribution in [3.05, 3.63) is 35.6 Å². The van der Waals surface area contributed by atoms with Crippen molar-refractivity contribution in [2.45, 2.75) is 13.8 Å². The van der Waals surface area contributed by atoms with E-state index in [2.05, 4.69) is 19.2 Å². The molecule has 0 radical (unpaired) electrons. The van der Waals surface area contributed by atoms with Crippen LogP contribution >= 0.6 is 0 Å². The highest BCUT2D eigenvalue weighted by molar-refractivity contribution is 5.94. The number of nitrogens with one attached hydrogen (secondary N) is 1. The third kappa shape index (κ3) is 4.95. The summed E-state index contributed by atoms with van der Waals surface area (Å²) < 4.78 is 18.5. The van der Waals surface area contributed by atoms with Crippen molar-refractivity contribution in [1.29, 1.82) is 0 Å². The minimum absolute atomic E-state index is 0.0661. The first-order valence-electron chi connectivity index (χ1n) is 5.71. The fourth-order valence-corrected chi connectivity index (χ4v) is 1.30. The quantitative estimate of drug-likeness (QED) is 0.773. The highest BCUT2D eigenvalue weighted by atomic mass is 19.1. The van der Waals surface area contributed by atoms with Crippen LogP contribution in [0.2, 0.25) is 0 Å². The lowest BCUT2D eigenvalue weighted by Gasteiger charge is -2.08. The van der Waals surface area contributed by atoms with E-state index in [9.17, 15) is 9.18 Å². The summed E-state index contributed by atoms with van der Waals surface area (Å²) in [5, 5.41) is 2.61. The maximum Gasteiger partial charge on any atom is 0.254 e. The van der Waals surface area contributed by atoms with Crippen LogP contribution in [0.1, 0.15) is 24.2 Å². The molecule has 1 amide bonds. The largest absolute Gasteiger partial charge is 0.379 e. The van der Waals surface area contributed by atoms with Crippen molar-refractivity contribution in [2.75, 3.05) is 19.8 Å². The van der Waals surface area contributed by atoms with E-state index in [1.54, 1.807) is 12.1 Å². The molecule has 1 N–H and O–H groups in total. The molecule has 0 atom stereocenters. The summed E-state index contributed by atoms with van der Waals surface area (Å²) in [6.45, 7) is 5.60. The van der Waals surface area contributed by atoms with Crippen molar-refractivity contribution < 1.29 is 13.9 Å². The number of benzene rings is 1. The van der Waals surface area contributed by atoms with Gasteiger partial charge in [-0.15, -0.1) is 0 Å². The van der Waals surface area contributed by atoms with Crippen LogP contribution in [0, 0.1) is 11.7 Å². The molecule has 1 rings (SSSR count). The first kappa shape index (κ1) is 13.6. The van der Waals surface area contributed by atoms with E-state index >= 15 is 0 Å². The van der Waals surface area contributed by atoms with E-state index in [0.717, 1.165) is 0 Å². The Bertz CT molecular complexity index is 366. The Labute approximate surface area is 101 Å². The van der Waals surface area contributed by atoms with E-state index in [-0.39, 0.29) is 5.56 Å². The average Bonchev–Trinajstić information content (AvgIpc) is 2.28. The van der Waals surface area contributed by atoms with Gasteiger partial charge in [0.2, 0.25) is 0 Å². The molecular weight excluding hydrogens is 221 g/mol. The first-order valence-corrected chi connectivity index (χ1v) is 5.71. The number of amides is 1. The van der Waals surface area contributed by atoms with Crippen molar-refractivity contribution in [1.82, 2.24) is 5.32 Å². The number of rotatable bonds is 6. The van der Waals surface area contributed by atoms with E-state index in [0.29, 0.717) is 25.7 Å². The van der Waals surface area contributed by atoms with Crippen LogP contribution in [0.25, 0.3) is 0 Å². The lowest BCUT2D eigenvalue weighted by molar-refractivity contribution is 0.0883. The van der Waals surface area contributed by atoms with Crippen LogP contribution in [0.3, 0.4) is 0 Å². The zero-order chi connectivity index (χ0) is 12.7. The second-order valence-electron chi connectivity index (χ2n) is 4.20. The highest BCUT2D eigenvalue weighted by Crippen LogP contribution is 2.05. The van der Waals surface area contributed by atoms with Crippen molar-refractivity contribution in [3.63, 3.8) is 0 Å². The van der Waals surface area contributed by atoms with Gasteiger partial charge in [0, 0.05) is 13.2 Å². The molecule has 0 saturated carbocycles. The summed E-state index contributed by atoms with van der Waals surface area (Å²) in [6.07, 6.45) is 0. The van der Waals surface area contributed by atoms with Gasteiger partial charge in [0.1, 0.15) is 5.82 Å². The molecule has 0 spiro atoms. The molecule has 0 aliphatic heterocycles. The molecule has 1 aromatic rings. The van der Waals surface area contributed by atoms with Gasteiger partial charge in [-0.2, -0.15) is 0 Å². The normalized spacial score (nSPS) is 10.6. The van der Waals surface area contributed by atoms with Gasteiger partial charge in [0.15, 0.2) is 0 Å². The van der Waals surface area contributed by atoms with Gasteiger partial charge < -0.3 is 10.1 Å². The van der Waals surface area contributed by atoms with Crippen LogP contribution in [0.15, 0.2) is 24.3 Å². The molecule has 94 valence electrons. The van der Waals surface area contributed by atoms with Crippen LogP contribution < -0.4 is 5.32 Å². The predicted octanol–water partition coefficient (Wildman–Crippen LogP) is 2.23. The number of hydrogen-bond acceptors (Lipinski definition) is 2. The fraction of sp³-hybridized carbons (Fsp3) is 0.462. The Hall–Kier alpha value is -1.42. The molecule has 0 saturated heterocycles. The second kappa shape index (κ2) is 7.01. The van der Waals surface area contributed by atoms with Crippen LogP contribution in [0.5, 0.6) is 0 Å². The summed E-state index contributed by atoms with van der Waals surface area (Å²) in [7, 11) is 0. The molecule has 4 heteroatoms. The summed E-state index contributed by atoms with van der Waals surface area (Å²) >= 11 is 0. The van der Waals surface area contributed by atoms with E-state index in [1.807, 2.05) is 0 Å². The minimum Gasteiger partial charge on any atom is -0.379 e. The molecule has 17 heavy (non-hydrogen) atoms. The SMILES string of the molecule is CC(C)COCCNC(=O)c1ccccc1F. The molecule has 1 aromatic carbocycles. The number of carbonyl (C=O) groups is 1. The minimum atomic E-state index is -0.506. The predicted molar refractivity (Wildman–Crippen MR) is 64.4 cm³/mol. The van der Waals surface area contributed by atoms with Crippen LogP contribution in [-0.2, 0) is 4.74 Å². The highest BCUT2D eigenvalue weighted by Gasteiger charge is 2.09. The zero-order valence-corrected chi connectivity index (χ0v) is 10.2. The van der Waals surface area contributed by atoms with Gasteiger partial charge in [0.25, 0.3) is 5.91 Å². The maximum atomic E-state index is 13.2. The maximum absolute atomic E-state index is 13.2. The van der Waals surface area contributed by atoms with Gasteiger partial charge in [-0.1, -0.05) is 26.0 Å². The molecule has 3 nitrogen and oxygen atoms in total. The third-order valence-corrected chi connectivity index (χ3v) is 2.10. The molecule has 0 heterocycles. The third-order valence-electron chi connectivity index (χ3n) is 2.10. The number of halogens is 1. The molecule has 0 fully saturated rings. The van der Waals surface area contributed by atoms with Crippen molar-refractivity contribution in [3.8, 4) is 0 Å². The van der Waals surface area contributed by atoms with E-state index < -0.39 is 11.7 Å². The van der Waals surface area contributed by atoms with Gasteiger partial charge in [0.05, 0.1) is 12.2 Å². The zero-order valence-electron chi connectivity index (χ0n) is 10.2. The van der Waals surface area contributed by atoms with Crippen LogP contribution in [-0.4, -0.2) is 25.7 Å². The fourth-order valence-electron chi connectivity index (χ4n) is 1.30. The van der Waals surface area contributed by atoms with Crippen molar-refractivity contribution >= 4 is 5.91 Å². The Morgan fingerprint density at radius 3 is 2.76 bits per heavy atom. The number of ether oxygens (including phenoxy) is 1. The summed E-state index contributed by atoms with van der Waals surface area (Å²) in [5.74, 6) is -0.443. The lowest BCUT2D eigenvalue weighted by Crippen LogP contribution is -2.28. The summed E-state index contributed by atoms with van der Waals surface area (Å²) in [4.78, 5) is 11.6. The van der Waals surface area contributed by atoms with Gasteiger partial charge in [-0.3, -0.25) is 4.79 Å². The smallest absolute Gasteiger partial charge is 0.254 e. The monoisotopic (exact) mass is 239 g/mol. The Balaban J connectivity index is 2.29. The van der Waals surface area contributed by atoms with Crippen LogP contribution in [0.4, 0.5) is 4.39 Å². The van der Waals surface area contributed by atoms with E-state index in [1.165, 1.54) is 12.1 Å². The number of hydrogen-bond donors (Lipinski definition) is 1. The Morgan fingerprint density at radius 2 is 2.12 bits per heavy atom. The van der Waals surface area contributed by atoms with Gasteiger partial charge in [-0.25, -0.2) is 4.39 Å². The Morgan fingerprint density at radius 1 is 1.41 bits per heavy atom. The standard InChI is InChI=1S/C13H18FNO2/c1-10(2)9-17-8-7-15-13(16)11-5-3-4-6-12(11)14/h3-6,10H,7-9H2,1-2H3,(H,15,16).